The maximum Gasteiger partial charge on any atom is 0.251 e. The van der Waals surface area contributed by atoms with Gasteiger partial charge in [0.05, 0.1) is 13.2 Å². The van der Waals surface area contributed by atoms with E-state index >= 15 is 0 Å². The molecule has 1 N–H and O–H groups in total. The summed E-state index contributed by atoms with van der Waals surface area (Å²) in [5, 5.41) is 9.12. The van der Waals surface area contributed by atoms with E-state index < -0.39 is 6.10 Å². The molecule has 0 bridgehead atoms. The maximum atomic E-state index is 11.4. The number of carbonyl (C=O) groups excluding carboxylic acids is 1. The Labute approximate surface area is 78.5 Å². The summed E-state index contributed by atoms with van der Waals surface area (Å²) in [5.74, 6) is 0.155. The Balaban J connectivity index is 2.52. The number of hydrogen-bond acceptors (Lipinski definition) is 3. The van der Waals surface area contributed by atoms with Crippen LogP contribution in [0.2, 0.25) is 0 Å². The molecule has 1 aliphatic rings. The lowest BCUT2D eigenvalue weighted by molar-refractivity contribution is -0.139. The first-order valence-corrected chi connectivity index (χ1v) is 4.66. The van der Waals surface area contributed by atoms with Crippen LogP contribution in [-0.4, -0.2) is 48.3 Å². The van der Waals surface area contributed by atoms with E-state index in [1.54, 1.807) is 4.90 Å². The Morgan fingerprint density at radius 1 is 1.69 bits per heavy atom. The van der Waals surface area contributed by atoms with Crippen molar-refractivity contribution in [2.24, 2.45) is 5.92 Å². The van der Waals surface area contributed by atoms with Gasteiger partial charge in [-0.3, -0.25) is 4.79 Å². The maximum absolute atomic E-state index is 11.4. The Morgan fingerprint density at radius 2 is 2.38 bits per heavy atom. The minimum Gasteiger partial charge on any atom is -0.384 e. The molecule has 0 aliphatic carbocycles. The second kappa shape index (κ2) is 4.58. The molecule has 0 saturated carbocycles. The van der Waals surface area contributed by atoms with E-state index in [1.165, 1.54) is 6.92 Å². The average Bonchev–Trinajstić information content (AvgIpc) is 2.28. The van der Waals surface area contributed by atoms with E-state index in [4.69, 9.17) is 9.84 Å². The molecule has 0 aromatic heterocycles. The van der Waals surface area contributed by atoms with Crippen molar-refractivity contribution in [3.05, 3.63) is 0 Å². The van der Waals surface area contributed by atoms with Crippen molar-refractivity contribution in [3.8, 4) is 0 Å². The molecule has 1 heterocycles. The quantitative estimate of drug-likeness (QED) is 0.621. The normalized spacial score (nSPS) is 26.7. The van der Waals surface area contributed by atoms with Crippen molar-refractivity contribution in [3.63, 3.8) is 0 Å². The first-order valence-electron chi connectivity index (χ1n) is 4.66. The van der Waals surface area contributed by atoms with Crippen LogP contribution in [0.5, 0.6) is 0 Å². The van der Waals surface area contributed by atoms with Crippen LogP contribution in [0.15, 0.2) is 0 Å². The lowest BCUT2D eigenvalue weighted by atomic mass is 10.2. The molecular weight excluding hydrogens is 170 g/mol. The van der Waals surface area contributed by atoms with Gasteiger partial charge < -0.3 is 14.7 Å². The Bertz CT molecular complexity index is 182. The molecule has 1 fully saturated rings. The molecule has 2 atom stereocenters. The van der Waals surface area contributed by atoms with E-state index in [-0.39, 0.29) is 5.91 Å². The van der Waals surface area contributed by atoms with Crippen LogP contribution in [0.1, 0.15) is 13.8 Å². The van der Waals surface area contributed by atoms with Gasteiger partial charge in [0, 0.05) is 13.1 Å². The number of ether oxygens (including phenoxy) is 1. The summed E-state index contributed by atoms with van der Waals surface area (Å²) in [6.07, 6.45) is -0.898. The molecule has 0 radical (unpaired) electrons. The van der Waals surface area contributed by atoms with E-state index in [9.17, 15) is 4.79 Å². The average molecular weight is 187 g/mol. The van der Waals surface area contributed by atoms with Crippen LogP contribution >= 0.6 is 0 Å². The second-order valence-electron chi connectivity index (χ2n) is 3.64. The van der Waals surface area contributed by atoms with Crippen LogP contribution < -0.4 is 0 Å². The molecule has 0 spiro atoms. The third-order valence-electron chi connectivity index (χ3n) is 2.11. The SMILES string of the molecule is CC1COCCN(C(=O)[C@H](C)O)C1. The van der Waals surface area contributed by atoms with Crippen molar-refractivity contribution >= 4 is 5.91 Å². The van der Waals surface area contributed by atoms with Gasteiger partial charge in [0.25, 0.3) is 5.91 Å². The fourth-order valence-electron chi connectivity index (χ4n) is 1.44. The predicted molar refractivity (Wildman–Crippen MR) is 48.2 cm³/mol. The topological polar surface area (TPSA) is 49.8 Å². The Morgan fingerprint density at radius 3 is 3.00 bits per heavy atom. The third kappa shape index (κ3) is 2.97. The molecular formula is C9H17NO3. The zero-order valence-electron chi connectivity index (χ0n) is 8.19. The summed E-state index contributed by atoms with van der Waals surface area (Å²) in [5.41, 5.74) is 0. The molecule has 0 aromatic carbocycles. The molecule has 1 saturated heterocycles. The molecule has 4 heteroatoms. The van der Waals surface area contributed by atoms with Gasteiger partial charge in [-0.2, -0.15) is 0 Å². The van der Waals surface area contributed by atoms with E-state index in [1.807, 2.05) is 6.92 Å². The molecule has 0 aromatic rings. The lowest BCUT2D eigenvalue weighted by Crippen LogP contribution is -2.40. The van der Waals surface area contributed by atoms with Crippen molar-refractivity contribution in [2.45, 2.75) is 20.0 Å². The summed E-state index contributed by atoms with van der Waals surface area (Å²) in [7, 11) is 0. The largest absolute Gasteiger partial charge is 0.384 e. The van der Waals surface area contributed by atoms with Crippen LogP contribution in [0.4, 0.5) is 0 Å². The van der Waals surface area contributed by atoms with Crippen LogP contribution in [0.25, 0.3) is 0 Å². The number of rotatable bonds is 1. The highest BCUT2D eigenvalue weighted by atomic mass is 16.5. The van der Waals surface area contributed by atoms with Crippen molar-refractivity contribution in [1.82, 2.24) is 4.90 Å². The standard InChI is InChI=1S/C9H17NO3/c1-7-5-10(3-4-13-6-7)9(12)8(2)11/h7-8,11H,3-6H2,1-2H3/t7?,8-/m0/s1. The van der Waals surface area contributed by atoms with E-state index in [0.29, 0.717) is 32.2 Å². The molecule has 4 nitrogen and oxygen atoms in total. The van der Waals surface area contributed by atoms with E-state index in [0.717, 1.165) is 0 Å². The molecule has 13 heavy (non-hydrogen) atoms. The van der Waals surface area contributed by atoms with Gasteiger partial charge in [0.1, 0.15) is 6.10 Å². The fourth-order valence-corrected chi connectivity index (χ4v) is 1.44. The highest BCUT2D eigenvalue weighted by Gasteiger charge is 2.22. The van der Waals surface area contributed by atoms with Crippen molar-refractivity contribution in [1.29, 1.82) is 0 Å². The van der Waals surface area contributed by atoms with Gasteiger partial charge in [-0.25, -0.2) is 0 Å². The van der Waals surface area contributed by atoms with Crippen LogP contribution in [0.3, 0.4) is 0 Å². The summed E-state index contributed by atoms with van der Waals surface area (Å²) >= 11 is 0. The monoisotopic (exact) mass is 187 g/mol. The summed E-state index contributed by atoms with van der Waals surface area (Å²) < 4.78 is 5.29. The smallest absolute Gasteiger partial charge is 0.251 e. The van der Waals surface area contributed by atoms with Gasteiger partial charge in [0.2, 0.25) is 0 Å². The molecule has 1 rings (SSSR count). The number of nitrogens with zero attached hydrogens (tertiary/aromatic N) is 1. The number of carbonyl (C=O) groups is 1. The Kier molecular flexibility index (Phi) is 3.69. The minimum absolute atomic E-state index is 0.197. The molecule has 1 amide bonds. The zero-order valence-corrected chi connectivity index (χ0v) is 8.19. The first-order chi connectivity index (χ1) is 6.11. The van der Waals surface area contributed by atoms with Crippen molar-refractivity contribution in [2.75, 3.05) is 26.3 Å². The second-order valence-corrected chi connectivity index (χ2v) is 3.64. The predicted octanol–water partition coefficient (Wildman–Crippen LogP) is -0.138. The third-order valence-corrected chi connectivity index (χ3v) is 2.11. The summed E-state index contributed by atoms with van der Waals surface area (Å²) in [6, 6.07) is 0. The number of aliphatic hydroxyl groups excluding tert-OH is 1. The number of amides is 1. The number of hydrogen-bond donors (Lipinski definition) is 1. The Hall–Kier alpha value is -0.610. The first kappa shape index (κ1) is 10.5. The molecule has 1 aliphatic heterocycles. The van der Waals surface area contributed by atoms with Crippen LogP contribution in [0, 0.1) is 5.92 Å². The number of aliphatic hydroxyl groups is 1. The van der Waals surface area contributed by atoms with Crippen LogP contribution in [-0.2, 0) is 9.53 Å². The summed E-state index contributed by atoms with van der Waals surface area (Å²) in [4.78, 5) is 13.1. The fraction of sp³-hybridized carbons (Fsp3) is 0.889. The van der Waals surface area contributed by atoms with Gasteiger partial charge in [-0.1, -0.05) is 6.92 Å². The van der Waals surface area contributed by atoms with Crippen molar-refractivity contribution < 1.29 is 14.6 Å². The van der Waals surface area contributed by atoms with Gasteiger partial charge in [0.15, 0.2) is 0 Å². The molecule has 76 valence electrons. The van der Waals surface area contributed by atoms with E-state index in [2.05, 4.69) is 0 Å². The zero-order chi connectivity index (χ0) is 9.84. The lowest BCUT2D eigenvalue weighted by Gasteiger charge is -2.22. The highest BCUT2D eigenvalue weighted by Crippen LogP contribution is 2.07. The van der Waals surface area contributed by atoms with Gasteiger partial charge in [-0.15, -0.1) is 0 Å². The highest BCUT2D eigenvalue weighted by molar-refractivity contribution is 5.80. The molecule has 1 unspecified atom stereocenters. The minimum atomic E-state index is -0.898. The van der Waals surface area contributed by atoms with Gasteiger partial charge in [-0.05, 0) is 12.8 Å². The van der Waals surface area contributed by atoms with Gasteiger partial charge >= 0.3 is 0 Å². The summed E-state index contributed by atoms with van der Waals surface area (Å²) in [6.45, 7) is 6.08.